The van der Waals surface area contributed by atoms with Crippen LogP contribution in [0.1, 0.15) is 33.1 Å². The summed E-state index contributed by atoms with van der Waals surface area (Å²) in [6.45, 7) is 3.95. The van der Waals surface area contributed by atoms with E-state index in [9.17, 15) is 4.79 Å². The standard InChI is InChI=1S/C8H17NO2/c1-3-4-8(9)5-6-11-7(2)10/h8H,3-6,9H2,1-2H3. The molecule has 0 aliphatic heterocycles. The molecule has 0 aromatic carbocycles. The van der Waals surface area contributed by atoms with E-state index in [1.807, 2.05) is 0 Å². The molecule has 3 heteroatoms. The number of nitrogens with two attached hydrogens (primary N) is 1. The Morgan fingerprint density at radius 1 is 1.55 bits per heavy atom. The topological polar surface area (TPSA) is 52.3 Å². The van der Waals surface area contributed by atoms with Gasteiger partial charge in [0.2, 0.25) is 0 Å². The number of carbonyl (C=O) groups is 1. The molecule has 0 aromatic rings. The number of hydrogen-bond acceptors (Lipinski definition) is 3. The highest BCUT2D eigenvalue weighted by Gasteiger charge is 2.01. The van der Waals surface area contributed by atoms with Crippen LogP contribution in [-0.2, 0) is 9.53 Å². The molecule has 0 heterocycles. The lowest BCUT2D eigenvalue weighted by Gasteiger charge is -2.08. The normalized spacial score (nSPS) is 12.6. The van der Waals surface area contributed by atoms with Gasteiger partial charge < -0.3 is 10.5 Å². The van der Waals surface area contributed by atoms with Gasteiger partial charge in [-0.05, 0) is 12.8 Å². The lowest BCUT2D eigenvalue weighted by Crippen LogP contribution is -2.22. The smallest absolute Gasteiger partial charge is 0.302 e. The Morgan fingerprint density at radius 2 is 2.18 bits per heavy atom. The van der Waals surface area contributed by atoms with Crippen LogP contribution in [0, 0.1) is 0 Å². The van der Waals surface area contributed by atoms with E-state index in [-0.39, 0.29) is 12.0 Å². The molecule has 0 spiro atoms. The lowest BCUT2D eigenvalue weighted by molar-refractivity contribution is -0.141. The molecule has 0 aliphatic rings. The van der Waals surface area contributed by atoms with Crippen LogP contribution < -0.4 is 5.73 Å². The van der Waals surface area contributed by atoms with Crippen molar-refractivity contribution in [3.8, 4) is 0 Å². The van der Waals surface area contributed by atoms with Gasteiger partial charge in [-0.3, -0.25) is 4.79 Å². The van der Waals surface area contributed by atoms with Gasteiger partial charge in [0.25, 0.3) is 0 Å². The van der Waals surface area contributed by atoms with E-state index >= 15 is 0 Å². The summed E-state index contributed by atoms with van der Waals surface area (Å²) >= 11 is 0. The summed E-state index contributed by atoms with van der Waals surface area (Å²) in [6, 6.07) is 0.180. The van der Waals surface area contributed by atoms with Gasteiger partial charge >= 0.3 is 5.97 Å². The van der Waals surface area contributed by atoms with Gasteiger partial charge in [0, 0.05) is 13.0 Å². The molecule has 2 N–H and O–H groups in total. The summed E-state index contributed by atoms with van der Waals surface area (Å²) < 4.78 is 4.74. The van der Waals surface area contributed by atoms with E-state index < -0.39 is 0 Å². The third-order valence-electron chi connectivity index (χ3n) is 1.45. The Kier molecular flexibility index (Phi) is 5.84. The Balaban J connectivity index is 3.16. The second kappa shape index (κ2) is 6.16. The van der Waals surface area contributed by atoms with Gasteiger partial charge in [-0.25, -0.2) is 0 Å². The third-order valence-corrected chi connectivity index (χ3v) is 1.45. The number of hydrogen-bond donors (Lipinski definition) is 1. The largest absolute Gasteiger partial charge is 0.466 e. The maximum Gasteiger partial charge on any atom is 0.302 e. The number of ether oxygens (including phenoxy) is 1. The highest BCUT2D eigenvalue weighted by atomic mass is 16.5. The lowest BCUT2D eigenvalue weighted by atomic mass is 10.1. The zero-order valence-electron chi connectivity index (χ0n) is 7.30. The van der Waals surface area contributed by atoms with Crippen LogP contribution in [0.15, 0.2) is 0 Å². The van der Waals surface area contributed by atoms with E-state index in [0.717, 1.165) is 19.3 Å². The minimum absolute atomic E-state index is 0.180. The molecule has 0 saturated heterocycles. The van der Waals surface area contributed by atoms with Gasteiger partial charge in [-0.1, -0.05) is 13.3 Å². The maximum absolute atomic E-state index is 10.3. The summed E-state index contributed by atoms with van der Waals surface area (Å²) in [5, 5.41) is 0. The number of esters is 1. The summed E-state index contributed by atoms with van der Waals surface area (Å²) in [5.41, 5.74) is 5.68. The zero-order chi connectivity index (χ0) is 8.69. The first-order valence-corrected chi connectivity index (χ1v) is 4.05. The van der Waals surface area contributed by atoms with Crippen LogP contribution in [0.25, 0.3) is 0 Å². The Labute approximate surface area is 67.9 Å². The van der Waals surface area contributed by atoms with E-state index in [1.54, 1.807) is 0 Å². The van der Waals surface area contributed by atoms with E-state index in [0.29, 0.717) is 6.61 Å². The predicted octanol–water partition coefficient (Wildman–Crippen LogP) is 1.07. The molecule has 0 saturated carbocycles. The average molecular weight is 159 g/mol. The zero-order valence-corrected chi connectivity index (χ0v) is 7.30. The van der Waals surface area contributed by atoms with Crippen LogP contribution in [0.2, 0.25) is 0 Å². The van der Waals surface area contributed by atoms with E-state index in [2.05, 4.69) is 6.92 Å². The van der Waals surface area contributed by atoms with Crippen molar-refractivity contribution in [3.05, 3.63) is 0 Å². The quantitative estimate of drug-likeness (QED) is 0.610. The fraction of sp³-hybridized carbons (Fsp3) is 0.875. The van der Waals surface area contributed by atoms with Gasteiger partial charge in [0.05, 0.1) is 6.61 Å². The SMILES string of the molecule is CCCC(N)CCOC(C)=O. The van der Waals surface area contributed by atoms with Crippen molar-refractivity contribution in [2.75, 3.05) is 6.61 Å². The maximum atomic E-state index is 10.3. The molecule has 1 atom stereocenters. The molecular formula is C8H17NO2. The first kappa shape index (κ1) is 10.4. The van der Waals surface area contributed by atoms with Crippen LogP contribution in [0.5, 0.6) is 0 Å². The van der Waals surface area contributed by atoms with Crippen molar-refractivity contribution in [2.24, 2.45) is 5.73 Å². The van der Waals surface area contributed by atoms with Gasteiger partial charge in [0.15, 0.2) is 0 Å². The van der Waals surface area contributed by atoms with Crippen molar-refractivity contribution in [1.82, 2.24) is 0 Å². The molecule has 3 nitrogen and oxygen atoms in total. The van der Waals surface area contributed by atoms with Crippen molar-refractivity contribution in [1.29, 1.82) is 0 Å². The second-order valence-electron chi connectivity index (χ2n) is 2.68. The molecule has 0 bridgehead atoms. The first-order chi connectivity index (χ1) is 5.16. The molecule has 1 unspecified atom stereocenters. The van der Waals surface area contributed by atoms with Gasteiger partial charge in [-0.15, -0.1) is 0 Å². The Hall–Kier alpha value is -0.570. The van der Waals surface area contributed by atoms with Crippen molar-refractivity contribution >= 4 is 5.97 Å². The fourth-order valence-corrected chi connectivity index (χ4v) is 0.869. The summed E-state index contributed by atoms with van der Waals surface area (Å²) in [7, 11) is 0. The highest BCUT2D eigenvalue weighted by Crippen LogP contribution is 1.98. The monoisotopic (exact) mass is 159 g/mol. The van der Waals surface area contributed by atoms with E-state index in [1.165, 1.54) is 6.92 Å². The molecule has 0 aromatic heterocycles. The minimum Gasteiger partial charge on any atom is -0.466 e. The van der Waals surface area contributed by atoms with Gasteiger partial charge in [-0.2, -0.15) is 0 Å². The van der Waals surface area contributed by atoms with Crippen LogP contribution in [0.3, 0.4) is 0 Å². The molecule has 0 rings (SSSR count). The predicted molar refractivity (Wildman–Crippen MR) is 44.1 cm³/mol. The first-order valence-electron chi connectivity index (χ1n) is 4.05. The van der Waals surface area contributed by atoms with Crippen LogP contribution in [-0.4, -0.2) is 18.6 Å². The Bertz CT molecular complexity index is 115. The fourth-order valence-electron chi connectivity index (χ4n) is 0.869. The van der Waals surface area contributed by atoms with Crippen LogP contribution >= 0.6 is 0 Å². The van der Waals surface area contributed by atoms with Gasteiger partial charge in [0.1, 0.15) is 0 Å². The number of carbonyl (C=O) groups excluding carboxylic acids is 1. The molecule has 66 valence electrons. The third kappa shape index (κ3) is 7.33. The van der Waals surface area contributed by atoms with Crippen molar-refractivity contribution < 1.29 is 9.53 Å². The molecule has 0 aliphatic carbocycles. The molecule has 11 heavy (non-hydrogen) atoms. The average Bonchev–Trinajstić information content (AvgIpc) is 1.87. The number of rotatable bonds is 5. The molecule has 0 amide bonds. The molecule has 0 radical (unpaired) electrons. The molecular weight excluding hydrogens is 142 g/mol. The molecule has 0 fully saturated rings. The highest BCUT2D eigenvalue weighted by molar-refractivity contribution is 5.65. The Morgan fingerprint density at radius 3 is 2.64 bits per heavy atom. The minimum atomic E-state index is -0.228. The second-order valence-corrected chi connectivity index (χ2v) is 2.68. The summed E-state index contributed by atoms with van der Waals surface area (Å²) in [6.07, 6.45) is 2.86. The summed E-state index contributed by atoms with van der Waals surface area (Å²) in [4.78, 5) is 10.3. The van der Waals surface area contributed by atoms with Crippen molar-refractivity contribution in [2.45, 2.75) is 39.2 Å². The van der Waals surface area contributed by atoms with E-state index in [4.69, 9.17) is 10.5 Å². The van der Waals surface area contributed by atoms with Crippen LogP contribution in [0.4, 0.5) is 0 Å². The van der Waals surface area contributed by atoms with Crippen molar-refractivity contribution in [3.63, 3.8) is 0 Å². The summed E-state index contributed by atoms with van der Waals surface area (Å²) in [5.74, 6) is -0.228.